The third-order valence-electron chi connectivity index (χ3n) is 2.31. The second kappa shape index (κ2) is 4.04. The van der Waals surface area contributed by atoms with Gasteiger partial charge in [-0.2, -0.15) is 0 Å². The minimum atomic E-state index is 0.975. The molecule has 0 unspecified atom stereocenters. The molecule has 1 N–H and O–H groups in total. The molecule has 1 aromatic carbocycles. The van der Waals surface area contributed by atoms with Gasteiger partial charge in [0.2, 0.25) is 0 Å². The fourth-order valence-corrected chi connectivity index (χ4v) is 1.25. The van der Waals surface area contributed by atoms with E-state index in [-0.39, 0.29) is 0 Å². The van der Waals surface area contributed by atoms with Crippen molar-refractivity contribution in [2.75, 3.05) is 0 Å². The first kappa shape index (κ1) is 9.72. The first-order chi connectivity index (χ1) is 6.19. The molecule has 0 aliphatic carbocycles. The van der Waals surface area contributed by atoms with Crippen LogP contribution in [-0.2, 0) is 0 Å². The predicted octanol–water partition coefficient (Wildman–Crippen LogP) is 3.36. The Bertz CT molecular complexity index is 348. The zero-order chi connectivity index (χ0) is 9.84. The predicted molar refractivity (Wildman–Crippen MR) is 58.4 cm³/mol. The van der Waals surface area contributed by atoms with Crippen molar-refractivity contribution >= 4 is 11.8 Å². The highest BCUT2D eigenvalue weighted by Gasteiger charge is 1.98. The Kier molecular flexibility index (Phi) is 3.02. The van der Waals surface area contributed by atoms with E-state index in [2.05, 4.69) is 32.0 Å². The molecular weight excluding hydrogens is 158 g/mol. The van der Waals surface area contributed by atoms with Crippen molar-refractivity contribution in [3.8, 4) is 0 Å². The average Bonchev–Trinajstić information content (AvgIpc) is 2.13. The molecule has 1 rings (SSSR count). The Morgan fingerprint density at radius 2 is 1.92 bits per heavy atom. The quantitative estimate of drug-likeness (QED) is 0.663. The number of aryl methyl sites for hydroxylation is 2. The summed E-state index contributed by atoms with van der Waals surface area (Å²) >= 11 is 0. The van der Waals surface area contributed by atoms with Crippen LogP contribution in [0.1, 0.15) is 23.6 Å². The van der Waals surface area contributed by atoms with Gasteiger partial charge in [0.15, 0.2) is 0 Å². The van der Waals surface area contributed by atoms with Gasteiger partial charge >= 0.3 is 0 Å². The molecule has 0 radical (unpaired) electrons. The number of hydrogen-bond acceptors (Lipinski definition) is 1. The van der Waals surface area contributed by atoms with Crippen molar-refractivity contribution in [1.29, 1.82) is 5.41 Å². The van der Waals surface area contributed by atoms with Crippen LogP contribution in [0.25, 0.3) is 5.57 Å². The average molecular weight is 173 g/mol. The van der Waals surface area contributed by atoms with Crippen molar-refractivity contribution in [1.82, 2.24) is 0 Å². The SMILES string of the molecule is C/C=C(\C=N)c1ccc(C)c(C)c1. The molecule has 0 saturated carbocycles. The summed E-state index contributed by atoms with van der Waals surface area (Å²) in [6.07, 6.45) is 3.35. The summed E-state index contributed by atoms with van der Waals surface area (Å²) in [6.45, 7) is 6.14. The van der Waals surface area contributed by atoms with Gasteiger partial charge in [-0.1, -0.05) is 24.3 Å². The molecule has 0 heterocycles. The number of benzene rings is 1. The number of hydrogen-bond donors (Lipinski definition) is 1. The maximum absolute atomic E-state index is 7.23. The molecule has 0 bridgehead atoms. The van der Waals surface area contributed by atoms with Crippen molar-refractivity contribution in [2.45, 2.75) is 20.8 Å². The second-order valence-electron chi connectivity index (χ2n) is 3.19. The summed E-state index contributed by atoms with van der Waals surface area (Å²) in [4.78, 5) is 0. The van der Waals surface area contributed by atoms with Gasteiger partial charge in [0.1, 0.15) is 0 Å². The normalized spacial score (nSPS) is 11.5. The van der Waals surface area contributed by atoms with Crippen LogP contribution in [0.5, 0.6) is 0 Å². The zero-order valence-corrected chi connectivity index (χ0v) is 8.39. The molecule has 0 atom stereocenters. The Balaban J connectivity index is 3.17. The highest BCUT2D eigenvalue weighted by molar-refractivity contribution is 6.08. The van der Waals surface area contributed by atoms with E-state index in [0.29, 0.717) is 0 Å². The van der Waals surface area contributed by atoms with Gasteiger partial charge in [-0.15, -0.1) is 0 Å². The van der Waals surface area contributed by atoms with Crippen LogP contribution >= 0.6 is 0 Å². The van der Waals surface area contributed by atoms with Crippen LogP contribution in [0.2, 0.25) is 0 Å². The molecule has 13 heavy (non-hydrogen) atoms. The molecule has 0 amide bonds. The Hall–Kier alpha value is -1.37. The van der Waals surface area contributed by atoms with E-state index in [0.717, 1.165) is 11.1 Å². The Morgan fingerprint density at radius 1 is 1.23 bits per heavy atom. The van der Waals surface area contributed by atoms with Crippen molar-refractivity contribution in [2.24, 2.45) is 0 Å². The summed E-state index contributed by atoms with van der Waals surface area (Å²) in [5, 5.41) is 7.23. The minimum absolute atomic E-state index is 0.975. The van der Waals surface area contributed by atoms with Gasteiger partial charge in [0, 0.05) is 6.21 Å². The molecule has 0 saturated heterocycles. The summed E-state index contributed by atoms with van der Waals surface area (Å²) in [5.41, 5.74) is 4.67. The number of rotatable bonds is 2. The Morgan fingerprint density at radius 3 is 2.38 bits per heavy atom. The monoisotopic (exact) mass is 173 g/mol. The van der Waals surface area contributed by atoms with E-state index >= 15 is 0 Å². The second-order valence-corrected chi connectivity index (χ2v) is 3.19. The maximum Gasteiger partial charge on any atom is 0.0253 e. The van der Waals surface area contributed by atoms with E-state index in [4.69, 9.17) is 5.41 Å². The lowest BCUT2D eigenvalue weighted by Gasteiger charge is -2.04. The third kappa shape index (κ3) is 2.05. The van der Waals surface area contributed by atoms with Gasteiger partial charge in [0.25, 0.3) is 0 Å². The molecular formula is C12H15N. The van der Waals surface area contributed by atoms with Crippen molar-refractivity contribution in [3.63, 3.8) is 0 Å². The zero-order valence-electron chi connectivity index (χ0n) is 8.39. The van der Waals surface area contributed by atoms with Crippen LogP contribution in [0.4, 0.5) is 0 Å². The third-order valence-corrected chi connectivity index (χ3v) is 2.31. The minimum Gasteiger partial charge on any atom is -0.308 e. The molecule has 68 valence electrons. The fourth-order valence-electron chi connectivity index (χ4n) is 1.25. The molecule has 0 aliphatic rings. The summed E-state index contributed by atoms with van der Waals surface area (Å²) < 4.78 is 0. The largest absolute Gasteiger partial charge is 0.308 e. The Labute approximate surface area is 79.6 Å². The summed E-state index contributed by atoms with van der Waals surface area (Å²) in [7, 11) is 0. The van der Waals surface area contributed by atoms with Crippen LogP contribution < -0.4 is 0 Å². The lowest BCUT2D eigenvalue weighted by atomic mass is 10.0. The van der Waals surface area contributed by atoms with E-state index < -0.39 is 0 Å². The van der Waals surface area contributed by atoms with Crippen LogP contribution in [0.3, 0.4) is 0 Å². The van der Waals surface area contributed by atoms with Crippen LogP contribution in [0.15, 0.2) is 24.3 Å². The van der Waals surface area contributed by atoms with Crippen LogP contribution in [0, 0.1) is 19.3 Å². The lowest BCUT2D eigenvalue weighted by molar-refractivity contribution is 1.33. The molecule has 0 spiro atoms. The molecule has 1 heteroatoms. The first-order valence-corrected chi connectivity index (χ1v) is 4.43. The lowest BCUT2D eigenvalue weighted by Crippen LogP contribution is -1.88. The number of allylic oxidation sites excluding steroid dienone is 2. The summed E-state index contributed by atoms with van der Waals surface area (Å²) in [5.74, 6) is 0. The standard InChI is InChI=1S/C12H15N/c1-4-11(8-13)12-6-5-9(2)10(3)7-12/h4-8,13H,1-3H3/b11-4+,13-8?. The van der Waals surface area contributed by atoms with Gasteiger partial charge < -0.3 is 5.41 Å². The van der Waals surface area contributed by atoms with E-state index in [1.54, 1.807) is 0 Å². The fraction of sp³-hybridized carbons (Fsp3) is 0.250. The molecule has 0 aromatic heterocycles. The van der Waals surface area contributed by atoms with E-state index in [1.807, 2.05) is 13.0 Å². The van der Waals surface area contributed by atoms with Crippen molar-refractivity contribution in [3.05, 3.63) is 41.0 Å². The molecule has 1 aromatic rings. The highest BCUT2D eigenvalue weighted by atomic mass is 14.3. The van der Waals surface area contributed by atoms with Gasteiger partial charge in [-0.3, -0.25) is 0 Å². The van der Waals surface area contributed by atoms with Crippen LogP contribution in [-0.4, -0.2) is 6.21 Å². The molecule has 1 nitrogen and oxygen atoms in total. The topological polar surface area (TPSA) is 23.9 Å². The molecule has 0 fully saturated rings. The van der Waals surface area contributed by atoms with Gasteiger partial charge in [-0.05, 0) is 43.0 Å². The summed E-state index contributed by atoms with van der Waals surface area (Å²) in [6, 6.07) is 6.27. The van der Waals surface area contributed by atoms with Crippen molar-refractivity contribution < 1.29 is 0 Å². The van der Waals surface area contributed by atoms with Gasteiger partial charge in [0.05, 0.1) is 0 Å². The maximum atomic E-state index is 7.23. The van der Waals surface area contributed by atoms with E-state index in [9.17, 15) is 0 Å². The first-order valence-electron chi connectivity index (χ1n) is 4.43. The smallest absolute Gasteiger partial charge is 0.0253 e. The molecule has 0 aliphatic heterocycles. The van der Waals surface area contributed by atoms with E-state index in [1.165, 1.54) is 17.3 Å². The highest BCUT2D eigenvalue weighted by Crippen LogP contribution is 2.16. The van der Waals surface area contributed by atoms with Gasteiger partial charge in [-0.25, -0.2) is 0 Å². The number of nitrogens with one attached hydrogen (secondary N) is 1.